The maximum absolute atomic E-state index is 12.9. The van der Waals surface area contributed by atoms with Crippen LogP contribution in [-0.4, -0.2) is 50.8 Å². The van der Waals surface area contributed by atoms with Crippen LogP contribution in [0.4, 0.5) is 0 Å². The lowest BCUT2D eigenvalue weighted by atomic mass is 10.0. The second-order valence-corrected chi connectivity index (χ2v) is 9.14. The fraction of sp³-hybridized carbons (Fsp3) is 0.583. The normalized spacial score (nSPS) is 17.8. The zero-order chi connectivity index (χ0) is 21.8. The summed E-state index contributed by atoms with van der Waals surface area (Å²) < 4.78 is 1.65. The van der Waals surface area contributed by atoms with Gasteiger partial charge >= 0.3 is 0 Å². The minimum absolute atomic E-state index is 0.0962. The lowest BCUT2D eigenvalue weighted by Gasteiger charge is -2.32. The van der Waals surface area contributed by atoms with Crippen LogP contribution in [0.25, 0.3) is 5.69 Å². The van der Waals surface area contributed by atoms with Gasteiger partial charge in [0.1, 0.15) is 0 Å². The number of likely N-dealkylation sites (tertiary alicyclic amines) is 1. The molecule has 166 valence electrons. The monoisotopic (exact) mass is 423 g/mol. The van der Waals surface area contributed by atoms with Crippen LogP contribution in [0, 0.1) is 19.8 Å². The van der Waals surface area contributed by atoms with Crippen molar-refractivity contribution in [1.29, 1.82) is 0 Å². The van der Waals surface area contributed by atoms with Gasteiger partial charge in [0.2, 0.25) is 5.91 Å². The van der Waals surface area contributed by atoms with Gasteiger partial charge in [0.05, 0.1) is 11.9 Å². The minimum atomic E-state index is -0.0962. The maximum Gasteiger partial charge on any atom is 0.276 e. The summed E-state index contributed by atoms with van der Waals surface area (Å²) in [5.41, 5.74) is 3.65. The quantitative estimate of drug-likeness (QED) is 0.770. The molecule has 0 radical (unpaired) electrons. The van der Waals surface area contributed by atoms with E-state index in [0.29, 0.717) is 25.2 Å². The molecule has 2 aliphatic rings. The van der Waals surface area contributed by atoms with Crippen molar-refractivity contribution < 1.29 is 9.59 Å². The first-order valence-corrected chi connectivity index (χ1v) is 11.6. The molecule has 2 amide bonds. The molecule has 0 spiro atoms. The molecule has 1 aliphatic heterocycles. The molecule has 2 aromatic rings. The van der Waals surface area contributed by atoms with Crippen LogP contribution in [0.15, 0.2) is 24.4 Å². The molecule has 7 nitrogen and oxygen atoms in total. The zero-order valence-corrected chi connectivity index (χ0v) is 18.6. The van der Waals surface area contributed by atoms with Crippen molar-refractivity contribution in [3.63, 3.8) is 0 Å². The first kappa shape index (κ1) is 21.5. The number of hydrogen-bond donors (Lipinski definition) is 1. The fourth-order valence-corrected chi connectivity index (χ4v) is 4.68. The maximum atomic E-state index is 12.9. The molecule has 1 saturated heterocycles. The fourth-order valence-electron chi connectivity index (χ4n) is 4.68. The molecule has 0 unspecified atom stereocenters. The van der Waals surface area contributed by atoms with Crippen LogP contribution in [0.3, 0.4) is 0 Å². The average Bonchev–Trinajstić information content (AvgIpc) is 3.47. The Morgan fingerprint density at radius 2 is 1.81 bits per heavy atom. The van der Waals surface area contributed by atoms with E-state index >= 15 is 0 Å². The van der Waals surface area contributed by atoms with Gasteiger partial charge in [-0.05, 0) is 62.3 Å². The van der Waals surface area contributed by atoms with Gasteiger partial charge in [-0.25, -0.2) is 4.68 Å². The van der Waals surface area contributed by atoms with Crippen LogP contribution in [-0.2, 0) is 4.79 Å². The van der Waals surface area contributed by atoms with Gasteiger partial charge in [-0.2, -0.15) is 0 Å². The van der Waals surface area contributed by atoms with Gasteiger partial charge in [0, 0.05) is 25.6 Å². The first-order chi connectivity index (χ1) is 15.0. The van der Waals surface area contributed by atoms with Crippen molar-refractivity contribution in [3.8, 4) is 5.69 Å². The van der Waals surface area contributed by atoms with Gasteiger partial charge in [0.15, 0.2) is 5.69 Å². The molecule has 2 fully saturated rings. The highest BCUT2D eigenvalue weighted by Crippen LogP contribution is 2.28. The predicted octanol–water partition coefficient (Wildman–Crippen LogP) is 3.58. The molecule has 1 aromatic carbocycles. The Bertz CT molecular complexity index is 924. The summed E-state index contributed by atoms with van der Waals surface area (Å²) in [7, 11) is 0. The highest BCUT2D eigenvalue weighted by atomic mass is 16.2. The molecule has 0 bridgehead atoms. The van der Waals surface area contributed by atoms with E-state index in [9.17, 15) is 9.59 Å². The largest absolute Gasteiger partial charge is 0.353 e. The van der Waals surface area contributed by atoms with E-state index in [2.05, 4.69) is 29.5 Å². The highest BCUT2D eigenvalue weighted by Gasteiger charge is 2.26. The Hall–Kier alpha value is -2.70. The first-order valence-electron chi connectivity index (χ1n) is 11.6. The van der Waals surface area contributed by atoms with Crippen LogP contribution < -0.4 is 5.32 Å². The van der Waals surface area contributed by atoms with Crippen molar-refractivity contribution in [2.45, 2.75) is 71.3 Å². The second-order valence-electron chi connectivity index (χ2n) is 9.14. The summed E-state index contributed by atoms with van der Waals surface area (Å²) in [5, 5.41) is 11.4. The molecule has 7 heteroatoms. The van der Waals surface area contributed by atoms with E-state index < -0.39 is 0 Å². The molecule has 1 aromatic heterocycles. The van der Waals surface area contributed by atoms with E-state index in [1.54, 1.807) is 10.9 Å². The number of benzene rings is 1. The number of carbonyl (C=O) groups is 2. The van der Waals surface area contributed by atoms with Crippen LogP contribution in [0.2, 0.25) is 0 Å². The molecular formula is C24H33N5O2. The highest BCUT2D eigenvalue weighted by molar-refractivity contribution is 5.92. The third-order valence-corrected chi connectivity index (χ3v) is 6.87. The lowest BCUT2D eigenvalue weighted by Crippen LogP contribution is -2.46. The standard InChI is InChI=1S/C24H33N5O2/c1-17-7-9-21(15-18(17)2)29-16-22(26-27-29)24(31)28-13-11-20(12-14-28)25-23(30)10-8-19-5-3-4-6-19/h7,9,15-16,19-20H,3-6,8,10-14H2,1-2H3,(H,25,30). The summed E-state index contributed by atoms with van der Waals surface area (Å²) in [6, 6.07) is 6.22. The SMILES string of the molecule is Cc1ccc(-n2cc(C(=O)N3CCC(NC(=O)CCC4CCCC4)CC3)nn2)cc1C. The molecule has 1 N–H and O–H groups in total. The zero-order valence-electron chi connectivity index (χ0n) is 18.6. The Morgan fingerprint density at radius 1 is 1.06 bits per heavy atom. The topological polar surface area (TPSA) is 80.1 Å². The summed E-state index contributed by atoms with van der Waals surface area (Å²) in [6.45, 7) is 5.38. The van der Waals surface area contributed by atoms with Crippen molar-refractivity contribution >= 4 is 11.8 Å². The molecule has 1 saturated carbocycles. The van der Waals surface area contributed by atoms with Crippen molar-refractivity contribution in [2.24, 2.45) is 5.92 Å². The van der Waals surface area contributed by atoms with Crippen molar-refractivity contribution in [1.82, 2.24) is 25.2 Å². The van der Waals surface area contributed by atoms with Crippen molar-refractivity contribution in [3.05, 3.63) is 41.2 Å². The van der Waals surface area contributed by atoms with Gasteiger partial charge in [-0.3, -0.25) is 9.59 Å². The van der Waals surface area contributed by atoms with E-state index in [1.165, 1.54) is 36.8 Å². The number of carbonyl (C=O) groups excluding carboxylic acids is 2. The molecule has 0 atom stereocenters. The van der Waals surface area contributed by atoms with Crippen molar-refractivity contribution in [2.75, 3.05) is 13.1 Å². The predicted molar refractivity (Wildman–Crippen MR) is 119 cm³/mol. The number of amides is 2. The third-order valence-electron chi connectivity index (χ3n) is 6.87. The van der Waals surface area contributed by atoms with Gasteiger partial charge < -0.3 is 10.2 Å². The number of rotatable bonds is 6. The minimum Gasteiger partial charge on any atom is -0.353 e. The molecule has 2 heterocycles. The Kier molecular flexibility index (Phi) is 6.68. The van der Waals surface area contributed by atoms with Gasteiger partial charge in [0.25, 0.3) is 5.91 Å². The van der Waals surface area contributed by atoms with E-state index in [0.717, 1.165) is 30.9 Å². The summed E-state index contributed by atoms with van der Waals surface area (Å²) in [4.78, 5) is 27.0. The molecule has 31 heavy (non-hydrogen) atoms. The Morgan fingerprint density at radius 3 is 2.52 bits per heavy atom. The van der Waals surface area contributed by atoms with E-state index in [1.807, 2.05) is 23.1 Å². The van der Waals surface area contributed by atoms with Gasteiger partial charge in [-0.15, -0.1) is 5.10 Å². The molecular weight excluding hydrogens is 390 g/mol. The Labute approximate surface area is 184 Å². The molecule has 4 rings (SSSR count). The second kappa shape index (κ2) is 9.62. The van der Waals surface area contributed by atoms with Crippen LogP contribution in [0.5, 0.6) is 0 Å². The number of nitrogens with one attached hydrogen (secondary N) is 1. The smallest absolute Gasteiger partial charge is 0.276 e. The number of aromatic nitrogens is 3. The van der Waals surface area contributed by atoms with Gasteiger partial charge in [-0.1, -0.05) is 37.0 Å². The molecule has 1 aliphatic carbocycles. The van der Waals surface area contributed by atoms with Crippen LogP contribution in [0.1, 0.15) is 73.0 Å². The summed E-state index contributed by atoms with van der Waals surface area (Å²) in [5.74, 6) is 0.802. The van der Waals surface area contributed by atoms with E-state index in [4.69, 9.17) is 0 Å². The number of hydrogen-bond acceptors (Lipinski definition) is 4. The number of piperidine rings is 1. The summed E-state index contributed by atoms with van der Waals surface area (Å²) in [6.07, 6.45) is 10.1. The summed E-state index contributed by atoms with van der Waals surface area (Å²) >= 11 is 0. The Balaban J connectivity index is 1.26. The van der Waals surface area contributed by atoms with Crippen LogP contribution >= 0.6 is 0 Å². The third kappa shape index (κ3) is 5.32. The number of nitrogens with zero attached hydrogens (tertiary/aromatic N) is 4. The van der Waals surface area contributed by atoms with E-state index in [-0.39, 0.29) is 17.9 Å². The lowest BCUT2D eigenvalue weighted by molar-refractivity contribution is -0.122. The average molecular weight is 424 g/mol. The number of aryl methyl sites for hydroxylation is 2.